The van der Waals surface area contributed by atoms with Gasteiger partial charge in [-0.2, -0.15) is 0 Å². The molecule has 4 heteroatoms. The maximum Gasteiger partial charge on any atom is 0.122 e. The standard InChI is InChI=1S/C16H24ClN3/c1-10-6-11(2)12(3)20(8-10)9-14-5-4-13(16(18)19)7-15(14)17/h4-5,7,10-12H,6,8-9H2,1-3H3,(H3,18,19). The number of benzene rings is 1. The normalized spacial score (nSPS) is 27.5. The van der Waals surface area contributed by atoms with E-state index in [0.717, 1.165) is 24.6 Å². The summed E-state index contributed by atoms with van der Waals surface area (Å²) in [4.78, 5) is 2.51. The van der Waals surface area contributed by atoms with Gasteiger partial charge in [0.05, 0.1) is 0 Å². The fourth-order valence-corrected chi connectivity index (χ4v) is 3.34. The average Bonchev–Trinajstić information content (AvgIpc) is 2.37. The molecule has 2 rings (SSSR count). The molecule has 1 aromatic rings. The van der Waals surface area contributed by atoms with Gasteiger partial charge >= 0.3 is 0 Å². The Morgan fingerprint density at radius 1 is 1.40 bits per heavy atom. The summed E-state index contributed by atoms with van der Waals surface area (Å²) in [6, 6.07) is 6.25. The molecule has 1 aromatic carbocycles. The highest BCUT2D eigenvalue weighted by atomic mass is 35.5. The quantitative estimate of drug-likeness (QED) is 0.662. The SMILES string of the molecule is CC1CC(C)C(C)N(Cc2ccc(C(=N)N)cc2Cl)C1. The van der Waals surface area contributed by atoms with Crippen molar-refractivity contribution in [3.05, 3.63) is 34.3 Å². The molecule has 0 saturated carbocycles. The number of piperidine rings is 1. The van der Waals surface area contributed by atoms with Crippen LogP contribution >= 0.6 is 11.6 Å². The molecule has 3 atom stereocenters. The van der Waals surface area contributed by atoms with Crippen LogP contribution in [0.1, 0.15) is 38.3 Å². The van der Waals surface area contributed by atoms with Crippen molar-refractivity contribution < 1.29 is 0 Å². The molecule has 1 fully saturated rings. The Morgan fingerprint density at radius 2 is 2.10 bits per heavy atom. The van der Waals surface area contributed by atoms with Gasteiger partial charge in [0.15, 0.2) is 0 Å². The average molecular weight is 294 g/mol. The number of nitrogens with zero attached hydrogens (tertiary/aromatic N) is 1. The predicted molar refractivity (Wildman–Crippen MR) is 85.3 cm³/mol. The van der Waals surface area contributed by atoms with Gasteiger partial charge in [-0.3, -0.25) is 10.3 Å². The topological polar surface area (TPSA) is 53.1 Å². The van der Waals surface area contributed by atoms with E-state index in [4.69, 9.17) is 22.7 Å². The molecule has 110 valence electrons. The summed E-state index contributed by atoms with van der Waals surface area (Å²) in [6.07, 6.45) is 1.30. The molecule has 3 unspecified atom stereocenters. The highest BCUT2D eigenvalue weighted by Crippen LogP contribution is 2.29. The van der Waals surface area contributed by atoms with Crippen molar-refractivity contribution in [3.8, 4) is 0 Å². The van der Waals surface area contributed by atoms with Crippen molar-refractivity contribution in [1.82, 2.24) is 4.90 Å². The zero-order chi connectivity index (χ0) is 14.9. The number of amidine groups is 1. The fraction of sp³-hybridized carbons (Fsp3) is 0.562. The molecule has 0 bridgehead atoms. The lowest BCUT2D eigenvalue weighted by molar-refractivity contribution is 0.0730. The molecule has 0 amide bonds. The van der Waals surface area contributed by atoms with E-state index in [1.807, 2.05) is 12.1 Å². The van der Waals surface area contributed by atoms with Crippen LogP contribution < -0.4 is 5.73 Å². The summed E-state index contributed by atoms with van der Waals surface area (Å²) < 4.78 is 0. The number of rotatable bonds is 3. The van der Waals surface area contributed by atoms with Crippen LogP contribution in [0.5, 0.6) is 0 Å². The Hall–Kier alpha value is -1.06. The first-order valence-corrected chi connectivity index (χ1v) is 7.63. The third-order valence-corrected chi connectivity index (χ3v) is 4.81. The molecule has 1 aliphatic heterocycles. The highest BCUT2D eigenvalue weighted by Gasteiger charge is 2.28. The Morgan fingerprint density at radius 3 is 2.70 bits per heavy atom. The van der Waals surface area contributed by atoms with E-state index in [9.17, 15) is 0 Å². The van der Waals surface area contributed by atoms with Crippen LogP contribution in [0.3, 0.4) is 0 Å². The van der Waals surface area contributed by atoms with Gasteiger partial charge in [-0.05, 0) is 36.8 Å². The number of halogens is 1. The van der Waals surface area contributed by atoms with Gasteiger partial charge in [-0.1, -0.05) is 37.6 Å². The number of nitrogens with one attached hydrogen (secondary N) is 1. The van der Waals surface area contributed by atoms with E-state index < -0.39 is 0 Å². The van der Waals surface area contributed by atoms with Crippen molar-refractivity contribution in [3.63, 3.8) is 0 Å². The lowest BCUT2D eigenvalue weighted by Crippen LogP contribution is -2.45. The van der Waals surface area contributed by atoms with E-state index in [2.05, 4.69) is 25.7 Å². The van der Waals surface area contributed by atoms with E-state index >= 15 is 0 Å². The van der Waals surface area contributed by atoms with Crippen LogP contribution in [-0.4, -0.2) is 23.3 Å². The second kappa shape index (κ2) is 6.15. The lowest BCUT2D eigenvalue weighted by atomic mass is 9.86. The molecule has 0 aromatic heterocycles. The molecular weight excluding hydrogens is 270 g/mol. The fourth-order valence-electron chi connectivity index (χ4n) is 3.10. The van der Waals surface area contributed by atoms with Crippen molar-refractivity contribution in [2.75, 3.05) is 6.54 Å². The van der Waals surface area contributed by atoms with Crippen molar-refractivity contribution in [1.29, 1.82) is 5.41 Å². The Bertz CT molecular complexity index is 500. The summed E-state index contributed by atoms with van der Waals surface area (Å²) in [6.45, 7) is 8.93. The second-order valence-corrected chi connectivity index (χ2v) is 6.62. The third-order valence-electron chi connectivity index (χ3n) is 4.46. The van der Waals surface area contributed by atoms with E-state index in [1.165, 1.54) is 6.42 Å². The minimum Gasteiger partial charge on any atom is -0.384 e. The van der Waals surface area contributed by atoms with Crippen LogP contribution in [-0.2, 0) is 6.54 Å². The first kappa shape index (κ1) is 15.3. The molecule has 0 radical (unpaired) electrons. The van der Waals surface area contributed by atoms with Gasteiger partial charge in [0.1, 0.15) is 5.84 Å². The molecule has 1 saturated heterocycles. The number of nitrogen functional groups attached to an aromatic ring is 1. The number of hydrogen-bond acceptors (Lipinski definition) is 2. The molecule has 1 heterocycles. The van der Waals surface area contributed by atoms with E-state index in [0.29, 0.717) is 22.5 Å². The minimum atomic E-state index is 0.0621. The first-order valence-electron chi connectivity index (χ1n) is 7.25. The molecule has 1 aliphatic rings. The maximum atomic E-state index is 7.45. The lowest BCUT2D eigenvalue weighted by Gasteiger charge is -2.41. The molecular formula is C16H24ClN3. The molecule has 0 spiro atoms. The Kier molecular flexibility index (Phi) is 4.71. The Balaban J connectivity index is 2.15. The van der Waals surface area contributed by atoms with Crippen LogP contribution in [0, 0.1) is 17.2 Å². The number of hydrogen-bond donors (Lipinski definition) is 2. The smallest absolute Gasteiger partial charge is 0.122 e. The molecule has 20 heavy (non-hydrogen) atoms. The zero-order valence-corrected chi connectivity index (χ0v) is 13.2. The van der Waals surface area contributed by atoms with Crippen LogP contribution in [0.2, 0.25) is 5.02 Å². The summed E-state index contributed by atoms with van der Waals surface area (Å²) >= 11 is 6.33. The van der Waals surface area contributed by atoms with Gasteiger partial charge in [0, 0.05) is 29.7 Å². The molecule has 3 N–H and O–H groups in total. The van der Waals surface area contributed by atoms with Gasteiger partial charge < -0.3 is 5.73 Å². The van der Waals surface area contributed by atoms with Gasteiger partial charge in [-0.15, -0.1) is 0 Å². The van der Waals surface area contributed by atoms with Gasteiger partial charge in [0.25, 0.3) is 0 Å². The third kappa shape index (κ3) is 3.33. The maximum absolute atomic E-state index is 7.45. The first-order chi connectivity index (χ1) is 9.38. The molecule has 0 aliphatic carbocycles. The largest absolute Gasteiger partial charge is 0.384 e. The number of likely N-dealkylation sites (tertiary alicyclic amines) is 1. The highest BCUT2D eigenvalue weighted by molar-refractivity contribution is 6.31. The summed E-state index contributed by atoms with van der Waals surface area (Å²) in [5.41, 5.74) is 7.29. The minimum absolute atomic E-state index is 0.0621. The summed E-state index contributed by atoms with van der Waals surface area (Å²) in [5, 5.41) is 8.15. The summed E-state index contributed by atoms with van der Waals surface area (Å²) in [5.74, 6) is 1.51. The van der Waals surface area contributed by atoms with E-state index in [1.54, 1.807) is 6.07 Å². The van der Waals surface area contributed by atoms with Gasteiger partial charge in [-0.25, -0.2) is 0 Å². The number of nitrogens with two attached hydrogens (primary N) is 1. The van der Waals surface area contributed by atoms with Crippen molar-refractivity contribution >= 4 is 17.4 Å². The van der Waals surface area contributed by atoms with Crippen LogP contribution in [0.25, 0.3) is 0 Å². The second-order valence-electron chi connectivity index (χ2n) is 6.21. The molecule has 3 nitrogen and oxygen atoms in total. The van der Waals surface area contributed by atoms with Crippen molar-refractivity contribution in [2.45, 2.75) is 39.8 Å². The van der Waals surface area contributed by atoms with Crippen LogP contribution in [0.4, 0.5) is 0 Å². The zero-order valence-electron chi connectivity index (χ0n) is 12.5. The van der Waals surface area contributed by atoms with Crippen LogP contribution in [0.15, 0.2) is 18.2 Å². The van der Waals surface area contributed by atoms with Gasteiger partial charge in [0.2, 0.25) is 0 Å². The monoisotopic (exact) mass is 293 g/mol. The van der Waals surface area contributed by atoms with Crippen molar-refractivity contribution in [2.24, 2.45) is 17.6 Å². The van der Waals surface area contributed by atoms with E-state index in [-0.39, 0.29) is 5.84 Å². The predicted octanol–water partition coefficient (Wildman–Crippen LogP) is 3.49. The summed E-state index contributed by atoms with van der Waals surface area (Å²) in [7, 11) is 0. The Labute approximate surface area is 126 Å².